The first-order chi connectivity index (χ1) is 13.6. The fourth-order valence-electron chi connectivity index (χ4n) is 3.38. The Morgan fingerprint density at radius 3 is 2.59 bits per heavy atom. The van der Waals surface area contributed by atoms with Crippen LogP contribution in [0.4, 0.5) is 0 Å². The van der Waals surface area contributed by atoms with Crippen LogP contribution in [0, 0.1) is 5.92 Å². The number of fused-ring (bicyclic) bond motifs is 1. The quantitative estimate of drug-likeness (QED) is 0.270. The predicted octanol–water partition coefficient (Wildman–Crippen LogP) is 5.26. The van der Waals surface area contributed by atoms with Crippen LogP contribution in [-0.2, 0) is 9.22 Å². The molecule has 0 spiro atoms. The third-order valence-electron chi connectivity index (χ3n) is 6.41. The summed E-state index contributed by atoms with van der Waals surface area (Å²) in [4.78, 5) is 17.6. The van der Waals surface area contributed by atoms with Crippen molar-refractivity contribution < 1.29 is 9.22 Å². The summed E-state index contributed by atoms with van der Waals surface area (Å²) in [6.45, 7) is 11.9. The zero-order valence-electron chi connectivity index (χ0n) is 18.1. The topological polar surface area (TPSA) is 51.2 Å². The van der Waals surface area contributed by atoms with Crippen molar-refractivity contribution in [2.45, 2.75) is 64.2 Å². The summed E-state index contributed by atoms with van der Waals surface area (Å²) in [5.41, 5.74) is 1.83. The Labute approximate surface area is 180 Å². The van der Waals surface area contributed by atoms with E-state index in [2.05, 4.69) is 56.3 Å². The Morgan fingerprint density at radius 2 is 1.90 bits per heavy atom. The van der Waals surface area contributed by atoms with E-state index < -0.39 is 8.32 Å². The third-order valence-corrected chi connectivity index (χ3v) is 11.4. The van der Waals surface area contributed by atoms with Crippen LogP contribution in [-0.4, -0.2) is 36.7 Å². The van der Waals surface area contributed by atoms with E-state index >= 15 is 0 Å². The fourth-order valence-corrected chi connectivity index (χ4v) is 4.67. The number of nitrogens with zero attached hydrogens (tertiary/aromatic N) is 1. The van der Waals surface area contributed by atoms with Gasteiger partial charge in [0.05, 0.1) is 17.1 Å². The van der Waals surface area contributed by atoms with Crippen LogP contribution in [0.15, 0.2) is 36.4 Å². The molecule has 1 fully saturated rings. The minimum absolute atomic E-state index is 0.0344. The zero-order chi connectivity index (χ0) is 21.2. The molecule has 1 amide bonds. The van der Waals surface area contributed by atoms with Gasteiger partial charge < -0.3 is 9.74 Å². The second kappa shape index (κ2) is 8.62. The maximum Gasteiger partial charge on any atom is 0.225 e. The molecule has 29 heavy (non-hydrogen) atoms. The van der Waals surface area contributed by atoms with Gasteiger partial charge in [-0.15, -0.1) is 0 Å². The largest absolute Gasteiger partial charge is 0.417 e. The normalized spacial score (nSPS) is 19.7. The van der Waals surface area contributed by atoms with Crippen molar-refractivity contribution in [3.8, 4) is 0 Å². The molecule has 0 radical (unpaired) electrons. The zero-order valence-corrected chi connectivity index (χ0v) is 19.9. The van der Waals surface area contributed by atoms with Crippen molar-refractivity contribution in [3.63, 3.8) is 0 Å². The van der Waals surface area contributed by atoms with Crippen LogP contribution in [0.1, 0.15) is 45.7 Å². The summed E-state index contributed by atoms with van der Waals surface area (Å²) in [5, 5.41) is 4.35. The lowest BCUT2D eigenvalue weighted by atomic mass is 9.84. The summed E-state index contributed by atoms with van der Waals surface area (Å²) < 4.78 is 6.26. The fraction of sp³-hybridized carbons (Fsp3) is 0.522. The monoisotopic (exact) mass is 428 g/mol. The van der Waals surface area contributed by atoms with E-state index in [-0.39, 0.29) is 22.9 Å². The van der Waals surface area contributed by atoms with Gasteiger partial charge in [-0.25, -0.2) is 4.98 Å². The van der Waals surface area contributed by atoms with Crippen LogP contribution >= 0.6 is 12.2 Å². The Bertz CT molecular complexity index is 907. The van der Waals surface area contributed by atoms with Crippen molar-refractivity contribution >= 4 is 42.2 Å². The highest BCUT2D eigenvalue weighted by molar-refractivity contribution is 7.80. The lowest BCUT2D eigenvalue weighted by molar-refractivity contribution is -0.135. The number of aromatic nitrogens is 1. The molecule has 6 heteroatoms. The van der Waals surface area contributed by atoms with Crippen molar-refractivity contribution in [1.82, 2.24) is 10.3 Å². The minimum Gasteiger partial charge on any atom is -0.417 e. The number of hydrogen-bond donors (Lipinski definition) is 1. The maximum atomic E-state index is 12.1. The van der Waals surface area contributed by atoms with E-state index in [1.807, 2.05) is 24.3 Å². The van der Waals surface area contributed by atoms with Crippen LogP contribution in [0.3, 0.4) is 0 Å². The Balaban J connectivity index is 1.50. The first-order valence-corrected chi connectivity index (χ1v) is 13.7. The number of carbonyl (C=O) groups is 1. The number of pyridine rings is 1. The van der Waals surface area contributed by atoms with Crippen molar-refractivity contribution in [1.29, 1.82) is 0 Å². The number of amides is 1. The molecular formula is C23H32N2O2SSi. The maximum absolute atomic E-state index is 12.1. The van der Waals surface area contributed by atoms with E-state index in [4.69, 9.17) is 16.6 Å². The van der Waals surface area contributed by atoms with Gasteiger partial charge in [-0.05, 0) is 49.5 Å². The van der Waals surface area contributed by atoms with Gasteiger partial charge in [0.15, 0.2) is 8.32 Å². The van der Waals surface area contributed by atoms with Gasteiger partial charge in [-0.3, -0.25) is 4.79 Å². The molecule has 156 valence electrons. The Hall–Kier alpha value is -1.63. The van der Waals surface area contributed by atoms with Gasteiger partial charge in [-0.2, -0.15) is 0 Å². The lowest BCUT2D eigenvalue weighted by Gasteiger charge is -2.39. The number of thiocarbonyl (C=S) groups is 1. The van der Waals surface area contributed by atoms with Gasteiger partial charge >= 0.3 is 0 Å². The Morgan fingerprint density at radius 1 is 1.17 bits per heavy atom. The number of para-hydroxylation sites is 1. The molecular weight excluding hydrogens is 396 g/mol. The number of β-lactam (4-membered cyclic amide) rings is 1. The summed E-state index contributed by atoms with van der Waals surface area (Å²) >= 11 is 5.62. The molecule has 0 saturated carbocycles. The van der Waals surface area contributed by atoms with Crippen molar-refractivity contribution in [2.24, 2.45) is 5.92 Å². The van der Waals surface area contributed by atoms with Gasteiger partial charge in [0.1, 0.15) is 0 Å². The highest BCUT2D eigenvalue weighted by Gasteiger charge is 2.40. The summed E-state index contributed by atoms with van der Waals surface area (Å²) in [5.74, 6) is 0.177. The summed E-state index contributed by atoms with van der Waals surface area (Å²) in [6.07, 6.45) is 2.39. The minimum atomic E-state index is -1.77. The van der Waals surface area contributed by atoms with Crippen molar-refractivity contribution in [2.75, 3.05) is 6.61 Å². The molecule has 1 aromatic heterocycles. The second-order valence-corrected chi connectivity index (χ2v) is 14.8. The Kier molecular flexibility index (Phi) is 6.56. The molecule has 2 atom stereocenters. The molecule has 1 saturated heterocycles. The predicted molar refractivity (Wildman–Crippen MR) is 126 cm³/mol. The molecule has 2 aromatic rings. The summed E-state index contributed by atoms with van der Waals surface area (Å²) in [7, 11) is -1.77. The summed E-state index contributed by atoms with van der Waals surface area (Å²) in [6, 6.07) is 12.3. The molecule has 1 aliphatic rings. The number of benzene rings is 1. The molecule has 4 nitrogen and oxygen atoms in total. The lowest BCUT2D eigenvalue weighted by Crippen LogP contribution is -2.58. The van der Waals surface area contributed by atoms with E-state index in [1.165, 1.54) is 0 Å². The molecule has 1 N–H and O–H groups in total. The van der Waals surface area contributed by atoms with Gasteiger partial charge in [0, 0.05) is 22.9 Å². The molecule has 2 heterocycles. The molecule has 1 aromatic carbocycles. The second-order valence-electron chi connectivity index (χ2n) is 9.47. The molecule has 1 aliphatic heterocycles. The first-order valence-electron chi connectivity index (χ1n) is 10.4. The highest BCUT2D eigenvalue weighted by Crippen LogP contribution is 2.37. The van der Waals surface area contributed by atoms with Gasteiger partial charge in [-0.1, -0.05) is 57.3 Å². The van der Waals surface area contributed by atoms with E-state index in [0.717, 1.165) is 40.7 Å². The van der Waals surface area contributed by atoms with Gasteiger partial charge in [0.2, 0.25) is 5.91 Å². The average molecular weight is 429 g/mol. The molecule has 0 bridgehead atoms. The first kappa shape index (κ1) is 22.1. The average Bonchev–Trinajstić information content (AvgIpc) is 2.66. The third kappa shape index (κ3) is 5.11. The smallest absolute Gasteiger partial charge is 0.225 e. The number of rotatable bonds is 8. The number of hydrogen-bond acceptors (Lipinski definition) is 4. The van der Waals surface area contributed by atoms with Crippen LogP contribution < -0.4 is 5.32 Å². The standard InChI is InChI=1S/C23H32N2O2SSi/c1-23(2,3)29(4,5)27-15-14-17-19(25-22(17)26)12-13-21(28)20-11-10-16-8-6-7-9-18(16)24-20/h6-11,17,19H,12-15H2,1-5H3,(H,25,26)/t17-,19-/m0/s1. The van der Waals surface area contributed by atoms with Crippen LogP contribution in [0.5, 0.6) is 0 Å². The van der Waals surface area contributed by atoms with Crippen LogP contribution in [0.25, 0.3) is 10.9 Å². The highest BCUT2D eigenvalue weighted by atomic mass is 32.1. The number of carbonyl (C=O) groups excluding carboxylic acids is 1. The molecule has 3 rings (SSSR count). The van der Waals surface area contributed by atoms with E-state index in [9.17, 15) is 4.79 Å². The van der Waals surface area contributed by atoms with E-state index in [1.54, 1.807) is 0 Å². The molecule has 0 unspecified atom stereocenters. The SMILES string of the molecule is CC(C)(C)[Si](C)(C)OCC[C@@H]1C(=O)N[C@H]1CCC(=S)c1ccc2ccccc2n1. The van der Waals surface area contributed by atoms with E-state index in [0.29, 0.717) is 6.61 Å². The van der Waals surface area contributed by atoms with Gasteiger partial charge in [0.25, 0.3) is 0 Å². The molecule has 0 aliphatic carbocycles. The van der Waals surface area contributed by atoms with Crippen LogP contribution in [0.2, 0.25) is 18.1 Å². The number of nitrogens with one attached hydrogen (secondary N) is 1. The van der Waals surface area contributed by atoms with Crippen molar-refractivity contribution in [3.05, 3.63) is 42.1 Å².